The summed E-state index contributed by atoms with van der Waals surface area (Å²) in [7, 11) is 1.52. The van der Waals surface area contributed by atoms with Gasteiger partial charge >= 0.3 is 0 Å². The molecule has 0 spiro atoms. The smallest absolute Gasteiger partial charge is 0.249 e. The SMILES string of the molecule is COCC(=O)N1CCn2cc(CC(=O)NCC3CC3)nc2[C@H]1C. The van der Waals surface area contributed by atoms with Gasteiger partial charge in [-0.25, -0.2) is 4.98 Å². The van der Waals surface area contributed by atoms with Crippen LogP contribution in [0.3, 0.4) is 0 Å². The van der Waals surface area contributed by atoms with E-state index in [1.807, 2.05) is 17.7 Å². The van der Waals surface area contributed by atoms with Gasteiger partial charge in [0.05, 0.1) is 18.2 Å². The minimum atomic E-state index is -0.102. The van der Waals surface area contributed by atoms with E-state index in [2.05, 4.69) is 10.3 Å². The Labute approximate surface area is 136 Å². The van der Waals surface area contributed by atoms with Crippen molar-refractivity contribution in [3.63, 3.8) is 0 Å². The zero-order valence-corrected chi connectivity index (χ0v) is 13.7. The summed E-state index contributed by atoms with van der Waals surface area (Å²) in [4.78, 5) is 30.4. The van der Waals surface area contributed by atoms with Crippen molar-refractivity contribution in [3.05, 3.63) is 17.7 Å². The fourth-order valence-corrected chi connectivity index (χ4v) is 2.99. The van der Waals surface area contributed by atoms with E-state index < -0.39 is 0 Å². The molecule has 23 heavy (non-hydrogen) atoms. The van der Waals surface area contributed by atoms with E-state index in [9.17, 15) is 9.59 Å². The van der Waals surface area contributed by atoms with E-state index in [0.29, 0.717) is 25.4 Å². The van der Waals surface area contributed by atoms with Gasteiger partial charge < -0.3 is 19.5 Å². The minimum absolute atomic E-state index is 0.0207. The second-order valence-electron chi connectivity index (χ2n) is 6.40. The average molecular weight is 320 g/mol. The Morgan fingerprint density at radius 1 is 1.39 bits per heavy atom. The number of imidazole rings is 1. The molecular formula is C16H24N4O3. The molecule has 2 heterocycles. The van der Waals surface area contributed by atoms with Crippen LogP contribution in [0.25, 0.3) is 0 Å². The van der Waals surface area contributed by atoms with E-state index in [4.69, 9.17) is 4.74 Å². The topological polar surface area (TPSA) is 76.5 Å². The maximum Gasteiger partial charge on any atom is 0.249 e. The Bertz CT molecular complexity index is 594. The van der Waals surface area contributed by atoms with Gasteiger partial charge in [-0.3, -0.25) is 9.59 Å². The first-order chi connectivity index (χ1) is 11.1. The van der Waals surface area contributed by atoms with Crippen LogP contribution in [-0.4, -0.2) is 53.1 Å². The molecule has 1 aliphatic heterocycles. The first kappa shape index (κ1) is 16.0. The van der Waals surface area contributed by atoms with Crippen molar-refractivity contribution in [1.29, 1.82) is 0 Å². The third-order valence-electron chi connectivity index (χ3n) is 4.49. The van der Waals surface area contributed by atoms with E-state index in [1.54, 1.807) is 4.90 Å². The summed E-state index contributed by atoms with van der Waals surface area (Å²) in [5.41, 5.74) is 0.765. The predicted octanol–water partition coefficient (Wildman–Crippen LogP) is 0.501. The summed E-state index contributed by atoms with van der Waals surface area (Å²) in [5, 5.41) is 2.96. The highest BCUT2D eigenvalue weighted by Crippen LogP contribution is 2.27. The van der Waals surface area contributed by atoms with Crippen molar-refractivity contribution < 1.29 is 14.3 Å². The molecule has 1 atom stereocenters. The number of rotatable bonds is 6. The van der Waals surface area contributed by atoms with Crippen LogP contribution in [-0.2, 0) is 27.3 Å². The number of carbonyl (C=O) groups excluding carboxylic acids is 2. The standard InChI is InChI=1S/C16H24N4O3/c1-11-16-18-13(7-14(21)17-8-12-3-4-12)9-19(16)5-6-20(11)15(22)10-23-2/h9,11-12H,3-8,10H2,1-2H3,(H,17,21)/t11-/m1/s1. The van der Waals surface area contributed by atoms with Crippen LogP contribution in [0, 0.1) is 5.92 Å². The molecule has 7 heteroatoms. The lowest BCUT2D eigenvalue weighted by Gasteiger charge is -2.33. The summed E-state index contributed by atoms with van der Waals surface area (Å²) >= 11 is 0. The van der Waals surface area contributed by atoms with Gasteiger partial charge in [-0.1, -0.05) is 0 Å². The molecule has 1 aliphatic carbocycles. The Kier molecular flexibility index (Phi) is 4.66. The number of ether oxygens (including phenoxy) is 1. The zero-order chi connectivity index (χ0) is 16.4. The Morgan fingerprint density at radius 2 is 2.17 bits per heavy atom. The van der Waals surface area contributed by atoms with Crippen LogP contribution >= 0.6 is 0 Å². The number of carbonyl (C=O) groups is 2. The van der Waals surface area contributed by atoms with Gasteiger partial charge in [0, 0.05) is 32.9 Å². The van der Waals surface area contributed by atoms with Crippen molar-refractivity contribution in [2.45, 2.75) is 38.8 Å². The second kappa shape index (κ2) is 6.70. The number of hydrogen-bond donors (Lipinski definition) is 1. The third kappa shape index (κ3) is 3.72. The molecule has 0 radical (unpaired) electrons. The first-order valence-corrected chi connectivity index (χ1v) is 8.19. The van der Waals surface area contributed by atoms with Gasteiger partial charge in [-0.05, 0) is 25.7 Å². The number of fused-ring (bicyclic) bond motifs is 1. The van der Waals surface area contributed by atoms with Gasteiger partial charge in [-0.2, -0.15) is 0 Å². The normalized spacial score (nSPS) is 20.3. The molecule has 0 saturated heterocycles. The molecule has 2 aliphatic rings. The minimum Gasteiger partial charge on any atom is -0.375 e. The Balaban J connectivity index is 1.62. The summed E-state index contributed by atoms with van der Waals surface area (Å²) in [6.07, 6.45) is 4.68. The third-order valence-corrected chi connectivity index (χ3v) is 4.49. The molecule has 1 fully saturated rings. The number of methoxy groups -OCH3 is 1. The largest absolute Gasteiger partial charge is 0.375 e. The van der Waals surface area contributed by atoms with Crippen LogP contribution in [0.2, 0.25) is 0 Å². The molecule has 0 aromatic carbocycles. The van der Waals surface area contributed by atoms with Crippen molar-refractivity contribution >= 4 is 11.8 Å². The monoisotopic (exact) mass is 320 g/mol. The van der Waals surface area contributed by atoms with E-state index >= 15 is 0 Å². The average Bonchev–Trinajstić information content (AvgIpc) is 3.25. The molecule has 1 aromatic heterocycles. The molecule has 1 N–H and O–H groups in total. The fraction of sp³-hybridized carbons (Fsp3) is 0.688. The molecule has 1 saturated carbocycles. The number of hydrogen-bond acceptors (Lipinski definition) is 4. The molecule has 0 bridgehead atoms. The summed E-state index contributed by atoms with van der Waals surface area (Å²) in [6.45, 7) is 4.16. The maximum atomic E-state index is 12.1. The Morgan fingerprint density at radius 3 is 2.87 bits per heavy atom. The van der Waals surface area contributed by atoms with Crippen molar-refractivity contribution in [1.82, 2.24) is 19.8 Å². The molecule has 0 unspecified atom stereocenters. The van der Waals surface area contributed by atoms with Gasteiger partial charge in [0.15, 0.2) is 0 Å². The molecule has 2 amide bonds. The maximum absolute atomic E-state index is 12.1. The van der Waals surface area contributed by atoms with Crippen molar-refractivity contribution in [2.75, 3.05) is 26.8 Å². The van der Waals surface area contributed by atoms with Crippen LogP contribution in [0.1, 0.15) is 37.3 Å². The van der Waals surface area contributed by atoms with Crippen molar-refractivity contribution in [3.8, 4) is 0 Å². The lowest BCUT2D eigenvalue weighted by atomic mass is 10.2. The molecule has 126 valence electrons. The number of nitrogens with one attached hydrogen (secondary N) is 1. The van der Waals surface area contributed by atoms with Crippen LogP contribution in [0.5, 0.6) is 0 Å². The number of nitrogens with zero attached hydrogens (tertiary/aromatic N) is 3. The number of aromatic nitrogens is 2. The Hall–Kier alpha value is -1.89. The van der Waals surface area contributed by atoms with Crippen LogP contribution in [0.4, 0.5) is 0 Å². The van der Waals surface area contributed by atoms with Gasteiger partial charge in [-0.15, -0.1) is 0 Å². The summed E-state index contributed by atoms with van der Waals surface area (Å²) < 4.78 is 6.98. The van der Waals surface area contributed by atoms with E-state index in [-0.39, 0.29) is 24.5 Å². The number of amides is 2. The zero-order valence-electron chi connectivity index (χ0n) is 13.7. The van der Waals surface area contributed by atoms with Crippen LogP contribution in [0.15, 0.2) is 6.20 Å². The van der Waals surface area contributed by atoms with Gasteiger partial charge in [0.2, 0.25) is 11.8 Å². The first-order valence-electron chi connectivity index (χ1n) is 8.19. The van der Waals surface area contributed by atoms with E-state index in [0.717, 1.165) is 18.1 Å². The summed E-state index contributed by atoms with van der Waals surface area (Å²) in [5.74, 6) is 1.51. The van der Waals surface area contributed by atoms with Crippen molar-refractivity contribution in [2.24, 2.45) is 5.92 Å². The highest BCUT2D eigenvalue weighted by molar-refractivity contribution is 5.78. The fourth-order valence-electron chi connectivity index (χ4n) is 2.99. The molecule has 3 rings (SSSR count). The second-order valence-corrected chi connectivity index (χ2v) is 6.40. The molecule has 1 aromatic rings. The highest BCUT2D eigenvalue weighted by atomic mass is 16.5. The van der Waals surface area contributed by atoms with Gasteiger partial charge in [0.1, 0.15) is 12.4 Å². The lowest BCUT2D eigenvalue weighted by molar-refractivity contribution is -0.138. The molecular weight excluding hydrogens is 296 g/mol. The highest BCUT2D eigenvalue weighted by Gasteiger charge is 2.29. The van der Waals surface area contributed by atoms with Gasteiger partial charge in [0.25, 0.3) is 0 Å². The lowest BCUT2D eigenvalue weighted by Crippen LogP contribution is -2.42. The summed E-state index contributed by atoms with van der Waals surface area (Å²) in [6, 6.07) is -0.102. The van der Waals surface area contributed by atoms with E-state index in [1.165, 1.54) is 20.0 Å². The quantitative estimate of drug-likeness (QED) is 0.828. The van der Waals surface area contributed by atoms with Crippen LogP contribution < -0.4 is 5.32 Å². The predicted molar refractivity (Wildman–Crippen MR) is 83.7 cm³/mol. The molecule has 7 nitrogen and oxygen atoms in total.